The summed E-state index contributed by atoms with van der Waals surface area (Å²) in [5, 5.41) is 0.522. The van der Waals surface area contributed by atoms with E-state index < -0.39 is 10.0 Å². The van der Waals surface area contributed by atoms with Crippen LogP contribution in [0.5, 0.6) is 0 Å². The Hall–Kier alpha value is -2.25. The number of sulfonamides is 1. The zero-order chi connectivity index (χ0) is 21.7. The van der Waals surface area contributed by atoms with E-state index in [2.05, 4.69) is 17.0 Å². The summed E-state index contributed by atoms with van der Waals surface area (Å²) in [6, 6.07) is 15.4. The number of piperazine rings is 1. The van der Waals surface area contributed by atoms with Crippen LogP contribution >= 0.6 is 11.6 Å². The van der Waals surface area contributed by atoms with Gasteiger partial charge in [0.15, 0.2) is 0 Å². The largest absolute Gasteiger partial charge is 0.368 e. The van der Waals surface area contributed by atoms with Crippen molar-refractivity contribution in [3.05, 3.63) is 59.1 Å². The molecule has 8 heteroatoms. The first kappa shape index (κ1) is 22.4. The lowest BCUT2D eigenvalue weighted by Crippen LogP contribution is -2.48. The zero-order valence-electron chi connectivity index (χ0n) is 17.4. The molecule has 0 radical (unpaired) electrons. The van der Waals surface area contributed by atoms with Gasteiger partial charge in [-0.1, -0.05) is 35.9 Å². The predicted octanol–water partition coefficient (Wildman–Crippen LogP) is 3.54. The van der Waals surface area contributed by atoms with E-state index in [1.807, 2.05) is 23.1 Å². The van der Waals surface area contributed by atoms with Gasteiger partial charge < -0.3 is 9.80 Å². The number of anilines is 2. The molecule has 0 atom stereocenters. The maximum absolute atomic E-state index is 12.6. The second-order valence-electron chi connectivity index (χ2n) is 7.53. The molecule has 0 aromatic heterocycles. The topological polar surface area (TPSA) is 60.9 Å². The normalized spacial score (nSPS) is 14.6. The second kappa shape index (κ2) is 9.71. The Bertz CT molecular complexity index is 974. The van der Waals surface area contributed by atoms with Crippen molar-refractivity contribution in [2.75, 3.05) is 48.2 Å². The van der Waals surface area contributed by atoms with E-state index in [1.54, 1.807) is 25.1 Å². The Balaban J connectivity index is 1.54. The lowest BCUT2D eigenvalue weighted by molar-refractivity contribution is -0.131. The van der Waals surface area contributed by atoms with Gasteiger partial charge in [-0.3, -0.25) is 9.10 Å². The molecule has 0 bridgehead atoms. The Morgan fingerprint density at radius 2 is 1.70 bits per heavy atom. The van der Waals surface area contributed by atoms with Gasteiger partial charge in [-0.25, -0.2) is 8.42 Å². The van der Waals surface area contributed by atoms with Crippen LogP contribution in [0.4, 0.5) is 11.4 Å². The highest BCUT2D eigenvalue weighted by molar-refractivity contribution is 7.92. The first-order valence-electron chi connectivity index (χ1n) is 10.1. The van der Waals surface area contributed by atoms with Crippen molar-refractivity contribution in [2.45, 2.75) is 19.8 Å². The van der Waals surface area contributed by atoms with E-state index in [-0.39, 0.29) is 12.5 Å². The maximum Gasteiger partial charge on any atom is 0.232 e. The van der Waals surface area contributed by atoms with E-state index in [0.29, 0.717) is 42.2 Å². The van der Waals surface area contributed by atoms with Gasteiger partial charge in [0.05, 0.1) is 11.9 Å². The van der Waals surface area contributed by atoms with Gasteiger partial charge in [-0.15, -0.1) is 0 Å². The van der Waals surface area contributed by atoms with Crippen LogP contribution in [0.2, 0.25) is 5.02 Å². The Morgan fingerprint density at radius 1 is 1.03 bits per heavy atom. The molecule has 0 unspecified atom stereocenters. The molecule has 30 heavy (non-hydrogen) atoms. The summed E-state index contributed by atoms with van der Waals surface area (Å²) in [6.45, 7) is 5.00. The SMILES string of the molecule is Cc1c(Cl)cccc1N(CCCC(=O)N1CCN(c2ccccc2)CC1)S(C)(=O)=O. The van der Waals surface area contributed by atoms with Gasteiger partial charge in [0.1, 0.15) is 0 Å². The first-order chi connectivity index (χ1) is 14.3. The fourth-order valence-electron chi connectivity index (χ4n) is 3.72. The molecule has 0 spiro atoms. The van der Waals surface area contributed by atoms with Crippen LogP contribution < -0.4 is 9.21 Å². The van der Waals surface area contributed by atoms with Gasteiger partial charge in [-0.05, 0) is 43.2 Å². The molecule has 0 saturated carbocycles. The van der Waals surface area contributed by atoms with Crippen molar-refractivity contribution in [1.29, 1.82) is 0 Å². The monoisotopic (exact) mass is 449 g/mol. The second-order valence-corrected chi connectivity index (χ2v) is 9.84. The number of hydrogen-bond acceptors (Lipinski definition) is 4. The van der Waals surface area contributed by atoms with E-state index in [9.17, 15) is 13.2 Å². The highest BCUT2D eigenvalue weighted by Crippen LogP contribution is 2.28. The minimum Gasteiger partial charge on any atom is -0.368 e. The number of amides is 1. The van der Waals surface area contributed by atoms with Crippen LogP contribution in [0.15, 0.2) is 48.5 Å². The highest BCUT2D eigenvalue weighted by Gasteiger charge is 2.23. The van der Waals surface area contributed by atoms with Crippen LogP contribution in [0.1, 0.15) is 18.4 Å². The molecule has 1 aliphatic rings. The molecule has 162 valence electrons. The minimum atomic E-state index is -3.47. The predicted molar refractivity (Wildman–Crippen MR) is 123 cm³/mol. The fraction of sp³-hybridized carbons (Fsp3) is 0.409. The summed E-state index contributed by atoms with van der Waals surface area (Å²) in [4.78, 5) is 16.8. The first-order valence-corrected chi connectivity index (χ1v) is 12.3. The van der Waals surface area contributed by atoms with Crippen LogP contribution in [0.25, 0.3) is 0 Å². The lowest BCUT2D eigenvalue weighted by Gasteiger charge is -2.36. The van der Waals surface area contributed by atoms with Crippen molar-refractivity contribution in [3.63, 3.8) is 0 Å². The number of rotatable bonds is 7. The molecule has 1 aliphatic heterocycles. The van der Waals surface area contributed by atoms with Gasteiger partial charge in [0.2, 0.25) is 15.9 Å². The Labute approximate surface area is 184 Å². The third-order valence-corrected chi connectivity index (χ3v) is 7.00. The maximum atomic E-state index is 12.6. The molecular formula is C22H28ClN3O3S. The quantitative estimate of drug-likeness (QED) is 0.648. The fourth-order valence-corrected chi connectivity index (χ4v) is 4.90. The van der Waals surface area contributed by atoms with Crippen molar-refractivity contribution >= 4 is 38.9 Å². The molecule has 0 aliphatic carbocycles. The Kier molecular flexibility index (Phi) is 7.26. The molecule has 1 amide bonds. The van der Waals surface area contributed by atoms with Crippen molar-refractivity contribution in [3.8, 4) is 0 Å². The number of nitrogens with zero attached hydrogens (tertiary/aromatic N) is 3. The molecular weight excluding hydrogens is 422 g/mol. The lowest BCUT2D eigenvalue weighted by atomic mass is 10.2. The third kappa shape index (κ3) is 5.46. The highest BCUT2D eigenvalue weighted by atomic mass is 35.5. The van der Waals surface area contributed by atoms with Crippen molar-refractivity contribution in [1.82, 2.24) is 4.90 Å². The standard InChI is InChI=1S/C22H28ClN3O3S/c1-18-20(23)10-6-11-21(18)26(30(2,28)29)13-7-12-22(27)25-16-14-24(15-17-25)19-8-4-3-5-9-19/h3-6,8-11H,7,12-17H2,1-2H3. The van der Waals surface area contributed by atoms with Gasteiger partial charge in [0, 0.05) is 49.9 Å². The molecule has 1 heterocycles. The summed E-state index contributed by atoms with van der Waals surface area (Å²) in [5.41, 5.74) is 2.45. The number of carbonyl (C=O) groups is 1. The summed E-state index contributed by atoms with van der Waals surface area (Å²) < 4.78 is 26.0. The van der Waals surface area contributed by atoms with Gasteiger partial charge in [0.25, 0.3) is 0 Å². The summed E-state index contributed by atoms with van der Waals surface area (Å²) in [7, 11) is -3.47. The van der Waals surface area contributed by atoms with Crippen LogP contribution in [0, 0.1) is 6.92 Å². The van der Waals surface area contributed by atoms with Crippen LogP contribution in [-0.2, 0) is 14.8 Å². The molecule has 1 saturated heterocycles. The van der Waals surface area contributed by atoms with E-state index >= 15 is 0 Å². The van der Waals surface area contributed by atoms with Gasteiger partial charge >= 0.3 is 0 Å². The summed E-state index contributed by atoms with van der Waals surface area (Å²) in [5.74, 6) is 0.0685. The summed E-state index contributed by atoms with van der Waals surface area (Å²) in [6.07, 6.45) is 1.95. The third-order valence-electron chi connectivity index (χ3n) is 5.41. The number of carbonyl (C=O) groups excluding carboxylic acids is 1. The van der Waals surface area contributed by atoms with Crippen LogP contribution in [0.3, 0.4) is 0 Å². The van der Waals surface area contributed by atoms with E-state index in [0.717, 1.165) is 13.1 Å². The molecule has 6 nitrogen and oxygen atoms in total. The number of halogens is 1. The molecule has 0 N–H and O–H groups in total. The average molecular weight is 450 g/mol. The molecule has 2 aromatic carbocycles. The number of hydrogen-bond donors (Lipinski definition) is 0. The molecule has 2 aromatic rings. The smallest absolute Gasteiger partial charge is 0.232 e. The van der Waals surface area contributed by atoms with Crippen molar-refractivity contribution < 1.29 is 13.2 Å². The van der Waals surface area contributed by atoms with Crippen molar-refractivity contribution in [2.24, 2.45) is 0 Å². The van der Waals surface area contributed by atoms with Gasteiger partial charge in [-0.2, -0.15) is 0 Å². The Morgan fingerprint density at radius 3 is 2.33 bits per heavy atom. The molecule has 3 rings (SSSR count). The average Bonchev–Trinajstić information content (AvgIpc) is 2.73. The van der Waals surface area contributed by atoms with E-state index in [1.165, 1.54) is 16.2 Å². The van der Waals surface area contributed by atoms with E-state index in [4.69, 9.17) is 11.6 Å². The molecule has 1 fully saturated rings. The minimum absolute atomic E-state index is 0.0685. The van der Waals surface area contributed by atoms with Crippen LogP contribution in [-0.4, -0.2) is 58.2 Å². The zero-order valence-corrected chi connectivity index (χ0v) is 19.0. The number of benzene rings is 2. The number of para-hydroxylation sites is 1. The summed E-state index contributed by atoms with van der Waals surface area (Å²) >= 11 is 6.16.